The van der Waals surface area contributed by atoms with Crippen LogP contribution in [0.15, 0.2) is 30.3 Å². The van der Waals surface area contributed by atoms with Crippen LogP contribution in [-0.2, 0) is 7.05 Å². The van der Waals surface area contributed by atoms with E-state index in [0.29, 0.717) is 0 Å². The fourth-order valence-corrected chi connectivity index (χ4v) is 3.65. The second kappa shape index (κ2) is 4.94. The van der Waals surface area contributed by atoms with Crippen molar-refractivity contribution in [3.8, 4) is 0 Å². The molecule has 0 aliphatic rings. The second-order valence-electron chi connectivity index (χ2n) is 5.22. The molecule has 4 heteroatoms. The Labute approximate surface area is 123 Å². The number of thiophene rings is 1. The molecule has 2 aromatic heterocycles. The maximum Gasteiger partial charge on any atom is 0.204 e. The maximum absolute atomic E-state index is 4.67. The average Bonchev–Trinajstić information content (AvgIpc) is 2.91. The lowest BCUT2D eigenvalue weighted by molar-refractivity contribution is 0.830. The number of fused-ring (bicyclic) bond motifs is 1. The third kappa shape index (κ3) is 2.20. The van der Waals surface area contributed by atoms with Crippen molar-refractivity contribution in [3.63, 3.8) is 0 Å². The van der Waals surface area contributed by atoms with Gasteiger partial charge in [0.25, 0.3) is 0 Å². The van der Waals surface area contributed by atoms with E-state index in [0.717, 1.165) is 17.0 Å². The van der Waals surface area contributed by atoms with Crippen molar-refractivity contribution in [1.82, 2.24) is 9.55 Å². The van der Waals surface area contributed by atoms with Gasteiger partial charge in [-0.25, -0.2) is 4.98 Å². The first-order valence-electron chi connectivity index (χ1n) is 6.81. The topological polar surface area (TPSA) is 29.9 Å². The van der Waals surface area contributed by atoms with E-state index in [1.54, 1.807) is 0 Å². The lowest BCUT2D eigenvalue weighted by Gasteiger charge is -2.14. The lowest BCUT2D eigenvalue weighted by Crippen LogP contribution is -2.10. The number of aromatic nitrogens is 2. The van der Waals surface area contributed by atoms with Gasteiger partial charge < -0.3 is 9.88 Å². The molecule has 0 aliphatic heterocycles. The van der Waals surface area contributed by atoms with Crippen molar-refractivity contribution in [2.24, 2.45) is 7.05 Å². The van der Waals surface area contributed by atoms with Gasteiger partial charge in [-0.15, -0.1) is 11.3 Å². The SMILES string of the molecule is Cc1cc(C(C)Nc2nc3ccccc3n2C)c(C)s1. The van der Waals surface area contributed by atoms with Crippen LogP contribution in [0.1, 0.15) is 28.3 Å². The summed E-state index contributed by atoms with van der Waals surface area (Å²) in [6.07, 6.45) is 0. The van der Waals surface area contributed by atoms with Crippen LogP contribution in [0.25, 0.3) is 11.0 Å². The van der Waals surface area contributed by atoms with Crippen LogP contribution in [-0.4, -0.2) is 9.55 Å². The summed E-state index contributed by atoms with van der Waals surface area (Å²) in [6, 6.07) is 10.7. The zero-order valence-corrected chi connectivity index (χ0v) is 13.1. The molecule has 0 spiro atoms. The Morgan fingerprint density at radius 1 is 1.25 bits per heavy atom. The molecule has 1 unspecified atom stereocenters. The molecule has 104 valence electrons. The minimum Gasteiger partial charge on any atom is -0.349 e. The highest BCUT2D eigenvalue weighted by atomic mass is 32.1. The average molecular weight is 285 g/mol. The molecule has 1 atom stereocenters. The molecule has 0 radical (unpaired) electrons. The van der Waals surface area contributed by atoms with Crippen LogP contribution >= 0.6 is 11.3 Å². The number of imidazole rings is 1. The van der Waals surface area contributed by atoms with Gasteiger partial charge in [0.05, 0.1) is 17.1 Å². The summed E-state index contributed by atoms with van der Waals surface area (Å²) in [5.41, 5.74) is 3.54. The predicted octanol–water partition coefficient (Wildman–Crippen LogP) is 4.42. The molecule has 20 heavy (non-hydrogen) atoms. The largest absolute Gasteiger partial charge is 0.349 e. The molecule has 0 bridgehead atoms. The lowest BCUT2D eigenvalue weighted by atomic mass is 10.1. The minimum absolute atomic E-state index is 0.260. The van der Waals surface area contributed by atoms with Crippen LogP contribution < -0.4 is 5.32 Å². The molecule has 0 fully saturated rings. The first-order valence-corrected chi connectivity index (χ1v) is 7.63. The molecule has 0 saturated carbocycles. The molecule has 2 heterocycles. The highest BCUT2D eigenvalue weighted by Gasteiger charge is 2.14. The molecule has 0 saturated heterocycles. The number of benzene rings is 1. The molecule has 0 aliphatic carbocycles. The first-order chi connectivity index (χ1) is 9.56. The number of rotatable bonds is 3. The fraction of sp³-hybridized carbons (Fsp3) is 0.312. The van der Waals surface area contributed by atoms with Crippen LogP contribution in [0.4, 0.5) is 5.95 Å². The Morgan fingerprint density at radius 2 is 2.00 bits per heavy atom. The van der Waals surface area contributed by atoms with Gasteiger partial charge in [-0.05, 0) is 44.5 Å². The Morgan fingerprint density at radius 3 is 2.65 bits per heavy atom. The van der Waals surface area contributed by atoms with Crippen molar-refractivity contribution >= 4 is 28.3 Å². The third-order valence-electron chi connectivity index (χ3n) is 3.68. The Hall–Kier alpha value is -1.81. The monoisotopic (exact) mass is 285 g/mol. The number of hydrogen-bond acceptors (Lipinski definition) is 3. The number of aryl methyl sites for hydroxylation is 3. The number of para-hydroxylation sites is 2. The van der Waals surface area contributed by atoms with Crippen molar-refractivity contribution in [1.29, 1.82) is 0 Å². The van der Waals surface area contributed by atoms with Gasteiger partial charge in [-0.3, -0.25) is 0 Å². The molecule has 0 amide bonds. The summed E-state index contributed by atoms with van der Waals surface area (Å²) in [5.74, 6) is 0.918. The van der Waals surface area contributed by atoms with Crippen LogP contribution in [0.3, 0.4) is 0 Å². The quantitative estimate of drug-likeness (QED) is 0.771. The van der Waals surface area contributed by atoms with Crippen LogP contribution in [0, 0.1) is 13.8 Å². The van der Waals surface area contributed by atoms with E-state index in [1.807, 2.05) is 29.5 Å². The van der Waals surface area contributed by atoms with Gasteiger partial charge in [0.15, 0.2) is 0 Å². The summed E-state index contributed by atoms with van der Waals surface area (Å²) in [5, 5.41) is 3.53. The molecule has 3 rings (SSSR count). The fourth-order valence-electron chi connectivity index (χ4n) is 2.63. The van der Waals surface area contributed by atoms with Gasteiger partial charge in [-0.2, -0.15) is 0 Å². The zero-order valence-electron chi connectivity index (χ0n) is 12.3. The van der Waals surface area contributed by atoms with Crippen molar-refractivity contribution in [3.05, 3.63) is 45.6 Å². The summed E-state index contributed by atoms with van der Waals surface area (Å²) >= 11 is 1.85. The van der Waals surface area contributed by atoms with E-state index in [2.05, 4.69) is 54.8 Å². The number of hydrogen-bond donors (Lipinski definition) is 1. The van der Waals surface area contributed by atoms with Gasteiger partial charge in [0.1, 0.15) is 0 Å². The van der Waals surface area contributed by atoms with E-state index >= 15 is 0 Å². The standard InChI is InChI=1S/C16H19N3S/c1-10-9-13(12(3)20-10)11(2)17-16-18-14-7-5-6-8-15(14)19(16)4/h5-9,11H,1-4H3,(H,17,18). The van der Waals surface area contributed by atoms with Gasteiger partial charge >= 0.3 is 0 Å². The first kappa shape index (κ1) is 13.2. The molecule has 3 aromatic rings. The van der Waals surface area contributed by atoms with Crippen molar-refractivity contribution in [2.75, 3.05) is 5.32 Å². The smallest absolute Gasteiger partial charge is 0.204 e. The summed E-state index contributed by atoms with van der Waals surface area (Å²) in [6.45, 7) is 6.52. The minimum atomic E-state index is 0.260. The molecule has 3 nitrogen and oxygen atoms in total. The van der Waals surface area contributed by atoms with Gasteiger partial charge in [0, 0.05) is 16.8 Å². The molecular weight excluding hydrogens is 266 g/mol. The Bertz CT molecular complexity index is 754. The Kier molecular flexibility index (Phi) is 3.26. The highest BCUT2D eigenvalue weighted by Crippen LogP contribution is 2.29. The summed E-state index contributed by atoms with van der Waals surface area (Å²) < 4.78 is 2.11. The van der Waals surface area contributed by atoms with E-state index < -0.39 is 0 Å². The number of nitrogens with zero attached hydrogens (tertiary/aromatic N) is 2. The number of anilines is 1. The molecular formula is C16H19N3S. The highest BCUT2D eigenvalue weighted by molar-refractivity contribution is 7.12. The van der Waals surface area contributed by atoms with E-state index in [-0.39, 0.29) is 6.04 Å². The summed E-state index contributed by atoms with van der Waals surface area (Å²) in [4.78, 5) is 7.40. The van der Waals surface area contributed by atoms with E-state index in [4.69, 9.17) is 0 Å². The van der Waals surface area contributed by atoms with Crippen LogP contribution in [0.2, 0.25) is 0 Å². The molecule has 1 aromatic carbocycles. The van der Waals surface area contributed by atoms with Gasteiger partial charge in [0.2, 0.25) is 5.95 Å². The zero-order chi connectivity index (χ0) is 14.3. The van der Waals surface area contributed by atoms with Gasteiger partial charge in [-0.1, -0.05) is 12.1 Å². The van der Waals surface area contributed by atoms with Crippen molar-refractivity contribution in [2.45, 2.75) is 26.8 Å². The van der Waals surface area contributed by atoms with E-state index in [9.17, 15) is 0 Å². The number of nitrogens with one attached hydrogen (secondary N) is 1. The third-order valence-corrected chi connectivity index (χ3v) is 4.66. The summed E-state index contributed by atoms with van der Waals surface area (Å²) in [7, 11) is 2.05. The normalized spacial score (nSPS) is 12.8. The van der Waals surface area contributed by atoms with E-state index in [1.165, 1.54) is 15.3 Å². The van der Waals surface area contributed by atoms with Crippen molar-refractivity contribution < 1.29 is 0 Å². The second-order valence-corrected chi connectivity index (χ2v) is 6.68. The predicted molar refractivity (Wildman–Crippen MR) is 86.5 cm³/mol. The molecule has 1 N–H and O–H groups in total. The van der Waals surface area contributed by atoms with Crippen LogP contribution in [0.5, 0.6) is 0 Å². The Balaban J connectivity index is 1.93. The maximum atomic E-state index is 4.67.